The molecule has 5 heteroatoms. The molecule has 0 aliphatic heterocycles. The third kappa shape index (κ3) is 2.15. The number of halogens is 4. The molecule has 72 valence electrons. The van der Waals surface area contributed by atoms with Gasteiger partial charge < -0.3 is 4.74 Å². The van der Waals surface area contributed by atoms with Gasteiger partial charge in [-0.3, -0.25) is 0 Å². The molecule has 0 N–H and O–H groups in total. The average Bonchev–Trinajstić information content (AvgIpc) is 2.01. The normalized spacial score (nSPS) is 11.5. The van der Waals surface area contributed by atoms with Crippen molar-refractivity contribution in [2.75, 3.05) is 7.11 Å². The zero-order chi connectivity index (χ0) is 10.1. The Morgan fingerprint density at radius 2 is 1.92 bits per heavy atom. The molecule has 0 heterocycles. The highest BCUT2D eigenvalue weighted by Gasteiger charge is 2.36. The summed E-state index contributed by atoms with van der Waals surface area (Å²) in [4.78, 5) is 0. The summed E-state index contributed by atoms with van der Waals surface area (Å²) in [6, 6.07) is 4.08. The maximum Gasteiger partial charge on any atom is 0.421 e. The standard InChI is InChI=1S/C8H6BrF3O/c1-13-6-4-2-3-5(9)7(6)8(10,11)12/h2-4H,1H3. The van der Waals surface area contributed by atoms with Crippen LogP contribution < -0.4 is 4.74 Å². The van der Waals surface area contributed by atoms with E-state index >= 15 is 0 Å². The zero-order valence-electron chi connectivity index (χ0n) is 6.65. The van der Waals surface area contributed by atoms with Crippen molar-refractivity contribution in [1.29, 1.82) is 0 Å². The van der Waals surface area contributed by atoms with Gasteiger partial charge in [0, 0.05) is 4.47 Å². The van der Waals surface area contributed by atoms with E-state index in [0.29, 0.717) is 0 Å². The highest BCUT2D eigenvalue weighted by atomic mass is 79.9. The second kappa shape index (κ2) is 3.57. The molecule has 0 amide bonds. The Hall–Kier alpha value is -0.710. The number of hydrogen-bond donors (Lipinski definition) is 0. The third-order valence-electron chi connectivity index (χ3n) is 1.48. The van der Waals surface area contributed by atoms with Gasteiger partial charge in [-0.1, -0.05) is 22.0 Å². The van der Waals surface area contributed by atoms with Crippen LogP contribution in [0.3, 0.4) is 0 Å². The van der Waals surface area contributed by atoms with E-state index in [4.69, 9.17) is 0 Å². The molecule has 1 rings (SSSR count). The lowest BCUT2D eigenvalue weighted by molar-refractivity contribution is -0.139. The maximum absolute atomic E-state index is 12.4. The predicted octanol–water partition coefficient (Wildman–Crippen LogP) is 3.48. The smallest absolute Gasteiger partial charge is 0.421 e. The van der Waals surface area contributed by atoms with E-state index in [2.05, 4.69) is 20.7 Å². The number of hydrogen-bond acceptors (Lipinski definition) is 1. The van der Waals surface area contributed by atoms with E-state index in [-0.39, 0.29) is 10.2 Å². The molecule has 0 radical (unpaired) electrons. The topological polar surface area (TPSA) is 9.23 Å². The van der Waals surface area contributed by atoms with Crippen LogP contribution in [0.15, 0.2) is 22.7 Å². The first kappa shape index (κ1) is 10.4. The maximum atomic E-state index is 12.4. The highest BCUT2D eigenvalue weighted by molar-refractivity contribution is 9.10. The molecular formula is C8H6BrF3O. The molecular weight excluding hydrogens is 249 g/mol. The Labute approximate surface area is 81.6 Å². The summed E-state index contributed by atoms with van der Waals surface area (Å²) in [7, 11) is 1.21. The molecule has 0 saturated carbocycles. The molecule has 0 unspecified atom stereocenters. The van der Waals surface area contributed by atoms with E-state index in [1.807, 2.05) is 0 Å². The molecule has 0 bridgehead atoms. The molecule has 1 nitrogen and oxygen atoms in total. The van der Waals surface area contributed by atoms with Crippen LogP contribution in [0.25, 0.3) is 0 Å². The van der Waals surface area contributed by atoms with Crippen molar-refractivity contribution < 1.29 is 17.9 Å². The van der Waals surface area contributed by atoms with Gasteiger partial charge in [-0.2, -0.15) is 13.2 Å². The van der Waals surface area contributed by atoms with Crippen molar-refractivity contribution in [2.24, 2.45) is 0 Å². The molecule has 1 aromatic carbocycles. The first-order valence-electron chi connectivity index (χ1n) is 3.36. The number of alkyl halides is 3. The second-order valence-electron chi connectivity index (χ2n) is 2.31. The number of rotatable bonds is 1. The SMILES string of the molecule is COc1cccc(Br)c1C(F)(F)F. The predicted molar refractivity (Wildman–Crippen MR) is 45.7 cm³/mol. The zero-order valence-corrected chi connectivity index (χ0v) is 8.24. The number of benzene rings is 1. The van der Waals surface area contributed by atoms with Crippen LogP contribution in [0.1, 0.15) is 5.56 Å². The van der Waals surface area contributed by atoms with E-state index in [1.165, 1.54) is 25.3 Å². The lowest BCUT2D eigenvalue weighted by atomic mass is 10.2. The van der Waals surface area contributed by atoms with Crippen molar-refractivity contribution in [2.45, 2.75) is 6.18 Å². The highest BCUT2D eigenvalue weighted by Crippen LogP contribution is 2.40. The molecule has 0 fully saturated rings. The third-order valence-corrected chi connectivity index (χ3v) is 2.14. The minimum Gasteiger partial charge on any atom is -0.496 e. The Morgan fingerprint density at radius 3 is 2.31 bits per heavy atom. The van der Waals surface area contributed by atoms with Gasteiger partial charge >= 0.3 is 6.18 Å². The molecule has 0 atom stereocenters. The van der Waals surface area contributed by atoms with E-state index in [0.717, 1.165) is 0 Å². The molecule has 1 aromatic rings. The van der Waals surface area contributed by atoms with Crippen LogP contribution >= 0.6 is 15.9 Å². The molecule has 0 saturated heterocycles. The summed E-state index contributed by atoms with van der Waals surface area (Å²) in [5.41, 5.74) is -0.780. The van der Waals surface area contributed by atoms with Crippen molar-refractivity contribution in [3.8, 4) is 5.75 Å². The van der Waals surface area contributed by atoms with Gasteiger partial charge in [0.15, 0.2) is 0 Å². The molecule has 0 spiro atoms. The Bertz CT molecular complexity index is 309. The minimum absolute atomic E-state index is 0.0145. The number of ether oxygens (including phenoxy) is 1. The first-order chi connectivity index (χ1) is 5.96. The Morgan fingerprint density at radius 1 is 1.31 bits per heavy atom. The van der Waals surface area contributed by atoms with Crippen LogP contribution in [0, 0.1) is 0 Å². The van der Waals surface area contributed by atoms with E-state index < -0.39 is 11.7 Å². The van der Waals surface area contributed by atoms with Crippen molar-refractivity contribution in [3.63, 3.8) is 0 Å². The van der Waals surface area contributed by atoms with E-state index in [1.54, 1.807) is 0 Å². The van der Waals surface area contributed by atoms with Crippen molar-refractivity contribution >= 4 is 15.9 Å². The Kier molecular flexibility index (Phi) is 2.85. The van der Waals surface area contributed by atoms with Gasteiger partial charge in [-0.05, 0) is 12.1 Å². The Balaban J connectivity index is 3.32. The fourth-order valence-corrected chi connectivity index (χ4v) is 1.52. The lowest BCUT2D eigenvalue weighted by Gasteiger charge is -2.12. The van der Waals surface area contributed by atoms with Crippen LogP contribution in [0.4, 0.5) is 13.2 Å². The van der Waals surface area contributed by atoms with Gasteiger partial charge in [0.1, 0.15) is 11.3 Å². The molecule has 0 aliphatic carbocycles. The van der Waals surface area contributed by atoms with Gasteiger partial charge in [-0.15, -0.1) is 0 Å². The van der Waals surface area contributed by atoms with Gasteiger partial charge in [0.2, 0.25) is 0 Å². The first-order valence-corrected chi connectivity index (χ1v) is 4.16. The second-order valence-corrected chi connectivity index (χ2v) is 3.17. The summed E-state index contributed by atoms with van der Waals surface area (Å²) >= 11 is 2.82. The molecule has 0 aromatic heterocycles. The fourth-order valence-electron chi connectivity index (χ4n) is 0.950. The van der Waals surface area contributed by atoms with Crippen LogP contribution in [-0.2, 0) is 6.18 Å². The fraction of sp³-hybridized carbons (Fsp3) is 0.250. The quantitative estimate of drug-likeness (QED) is 0.746. The van der Waals surface area contributed by atoms with E-state index in [9.17, 15) is 13.2 Å². The average molecular weight is 255 g/mol. The van der Waals surface area contributed by atoms with Gasteiger partial charge in [0.25, 0.3) is 0 Å². The lowest BCUT2D eigenvalue weighted by Crippen LogP contribution is -2.08. The monoisotopic (exact) mass is 254 g/mol. The summed E-state index contributed by atoms with van der Waals surface area (Å²) in [6.45, 7) is 0. The number of methoxy groups -OCH3 is 1. The molecule has 13 heavy (non-hydrogen) atoms. The summed E-state index contributed by atoms with van der Waals surface area (Å²) < 4.78 is 41.7. The van der Waals surface area contributed by atoms with Crippen LogP contribution in [0.2, 0.25) is 0 Å². The summed E-state index contributed by atoms with van der Waals surface area (Å²) in [5.74, 6) is -0.179. The minimum atomic E-state index is -4.40. The summed E-state index contributed by atoms with van der Waals surface area (Å²) in [6.07, 6.45) is -4.40. The van der Waals surface area contributed by atoms with Gasteiger partial charge in [0.05, 0.1) is 7.11 Å². The summed E-state index contributed by atoms with van der Waals surface area (Å²) in [5, 5.41) is 0. The van der Waals surface area contributed by atoms with Crippen molar-refractivity contribution in [1.82, 2.24) is 0 Å². The van der Waals surface area contributed by atoms with Crippen LogP contribution in [0.5, 0.6) is 5.75 Å². The van der Waals surface area contributed by atoms with Crippen molar-refractivity contribution in [3.05, 3.63) is 28.2 Å². The van der Waals surface area contributed by atoms with Crippen LogP contribution in [-0.4, -0.2) is 7.11 Å². The largest absolute Gasteiger partial charge is 0.496 e. The molecule has 0 aliphatic rings. The van der Waals surface area contributed by atoms with Gasteiger partial charge in [-0.25, -0.2) is 0 Å².